The maximum Gasteiger partial charge on any atom is 0.152 e. The number of rotatable bonds is 4. The fourth-order valence-corrected chi connectivity index (χ4v) is 5.31. The topological polar surface area (TPSA) is 25.2 Å². The molecule has 2 fully saturated rings. The zero-order valence-corrected chi connectivity index (χ0v) is 16.5. The third kappa shape index (κ3) is 3.69. The Labute approximate surface area is 161 Å². The minimum Gasteiger partial charge on any atom is -0.344 e. The molecular weight excluding hydrogens is 339 g/mol. The maximum absolute atomic E-state index is 13.6. The van der Waals surface area contributed by atoms with E-state index in [0.717, 1.165) is 61.0 Å². The molecular formula is C23H31FN2O. The number of nitrogens with zero attached hydrogens (tertiary/aromatic N) is 2. The van der Waals surface area contributed by atoms with Crippen molar-refractivity contribution in [2.75, 3.05) is 13.1 Å². The molecule has 2 aliphatic rings. The first-order valence-electron chi connectivity index (χ1n) is 10.6. The molecule has 146 valence electrons. The van der Waals surface area contributed by atoms with Crippen molar-refractivity contribution in [1.29, 1.82) is 0 Å². The molecule has 0 radical (unpaired) electrons. The second-order valence-corrected chi connectivity index (χ2v) is 8.85. The Bertz CT molecular complexity index is 796. The molecule has 1 saturated carbocycles. The number of likely N-dealkylation sites (tertiary alicyclic amines) is 1. The quantitative estimate of drug-likeness (QED) is 0.669. The Hall–Kier alpha value is -1.68. The van der Waals surface area contributed by atoms with Crippen LogP contribution in [0.15, 0.2) is 24.4 Å². The van der Waals surface area contributed by atoms with Crippen LogP contribution in [0.4, 0.5) is 4.39 Å². The smallest absolute Gasteiger partial charge is 0.152 e. The normalized spacial score (nSPS) is 25.3. The molecule has 3 nitrogen and oxygen atoms in total. The largest absolute Gasteiger partial charge is 0.344 e. The minimum atomic E-state index is -0.282. The molecule has 0 spiro atoms. The van der Waals surface area contributed by atoms with Gasteiger partial charge in [0.2, 0.25) is 0 Å². The third-order valence-electron chi connectivity index (χ3n) is 7.05. The number of piperidine rings is 1. The summed E-state index contributed by atoms with van der Waals surface area (Å²) < 4.78 is 15.8. The van der Waals surface area contributed by atoms with E-state index in [0.29, 0.717) is 11.6 Å². The number of aldehydes is 1. The second kappa shape index (κ2) is 7.75. The van der Waals surface area contributed by atoms with Crippen molar-refractivity contribution in [1.82, 2.24) is 9.47 Å². The Morgan fingerprint density at radius 2 is 1.74 bits per heavy atom. The third-order valence-corrected chi connectivity index (χ3v) is 7.05. The lowest BCUT2D eigenvalue weighted by atomic mass is 9.79. The first-order chi connectivity index (χ1) is 13.1. The van der Waals surface area contributed by atoms with Crippen molar-refractivity contribution in [3.8, 4) is 0 Å². The van der Waals surface area contributed by atoms with Crippen molar-refractivity contribution in [2.45, 2.75) is 64.5 Å². The molecule has 0 amide bonds. The highest BCUT2D eigenvalue weighted by Gasteiger charge is 2.30. The van der Waals surface area contributed by atoms with Gasteiger partial charge in [-0.3, -0.25) is 4.79 Å². The van der Waals surface area contributed by atoms with Gasteiger partial charge in [0.25, 0.3) is 0 Å². The highest BCUT2D eigenvalue weighted by atomic mass is 19.1. The number of hydrogen-bond donors (Lipinski definition) is 0. The van der Waals surface area contributed by atoms with Gasteiger partial charge in [-0.05, 0) is 68.6 Å². The van der Waals surface area contributed by atoms with Crippen molar-refractivity contribution in [3.63, 3.8) is 0 Å². The van der Waals surface area contributed by atoms with Crippen LogP contribution in [-0.4, -0.2) is 34.9 Å². The van der Waals surface area contributed by atoms with E-state index in [2.05, 4.69) is 23.3 Å². The molecule has 2 aromatic rings. The van der Waals surface area contributed by atoms with Crippen molar-refractivity contribution in [2.24, 2.45) is 11.8 Å². The number of benzene rings is 1. The molecule has 0 atom stereocenters. The van der Waals surface area contributed by atoms with Crippen LogP contribution >= 0.6 is 0 Å². The summed E-state index contributed by atoms with van der Waals surface area (Å²) in [4.78, 5) is 14.1. The Morgan fingerprint density at radius 1 is 1.04 bits per heavy atom. The van der Waals surface area contributed by atoms with Gasteiger partial charge in [0.05, 0.1) is 0 Å². The fourth-order valence-electron chi connectivity index (χ4n) is 5.31. The molecule has 1 aromatic carbocycles. The molecule has 0 N–H and O–H groups in total. The number of carbonyl (C=O) groups excluding carboxylic acids is 1. The summed E-state index contributed by atoms with van der Waals surface area (Å²) in [6.07, 6.45) is 10.4. The lowest BCUT2D eigenvalue weighted by molar-refractivity contribution is 0.0893. The summed E-state index contributed by atoms with van der Waals surface area (Å²) in [5, 5.41) is 0.736. The number of halogens is 1. The van der Waals surface area contributed by atoms with Crippen LogP contribution in [0.1, 0.15) is 68.8 Å². The predicted octanol–water partition coefficient (Wildman–Crippen LogP) is 5.44. The molecule has 4 heteroatoms. The highest BCUT2D eigenvalue weighted by molar-refractivity contribution is 5.97. The fraction of sp³-hybridized carbons (Fsp3) is 0.609. The first kappa shape index (κ1) is 18.7. The van der Waals surface area contributed by atoms with Gasteiger partial charge in [-0.15, -0.1) is 0 Å². The van der Waals surface area contributed by atoms with Crippen LogP contribution in [0.5, 0.6) is 0 Å². The molecule has 2 heterocycles. The van der Waals surface area contributed by atoms with Crippen LogP contribution in [0.25, 0.3) is 10.9 Å². The van der Waals surface area contributed by atoms with E-state index in [4.69, 9.17) is 0 Å². The molecule has 1 aliphatic carbocycles. The molecule has 1 aliphatic heterocycles. The molecule has 0 unspecified atom stereocenters. The van der Waals surface area contributed by atoms with Gasteiger partial charge in [0.15, 0.2) is 6.29 Å². The monoisotopic (exact) mass is 370 g/mol. The van der Waals surface area contributed by atoms with Gasteiger partial charge in [0.1, 0.15) is 5.82 Å². The van der Waals surface area contributed by atoms with E-state index in [1.54, 1.807) is 0 Å². The number of hydrogen-bond acceptors (Lipinski definition) is 2. The van der Waals surface area contributed by atoms with E-state index in [1.807, 2.05) is 12.3 Å². The van der Waals surface area contributed by atoms with Crippen LogP contribution in [0.2, 0.25) is 0 Å². The summed E-state index contributed by atoms with van der Waals surface area (Å²) in [6, 6.07) is 5.95. The van der Waals surface area contributed by atoms with Gasteiger partial charge in [0, 0.05) is 47.8 Å². The Kier molecular flexibility index (Phi) is 5.36. The van der Waals surface area contributed by atoms with Crippen LogP contribution in [0.3, 0.4) is 0 Å². The first-order valence-corrected chi connectivity index (χ1v) is 10.6. The highest BCUT2D eigenvalue weighted by Crippen LogP contribution is 2.35. The number of carbonyl (C=O) groups is 1. The van der Waals surface area contributed by atoms with E-state index in [-0.39, 0.29) is 5.82 Å². The van der Waals surface area contributed by atoms with Gasteiger partial charge >= 0.3 is 0 Å². The van der Waals surface area contributed by atoms with E-state index >= 15 is 0 Å². The van der Waals surface area contributed by atoms with Crippen molar-refractivity contribution >= 4 is 17.2 Å². The van der Waals surface area contributed by atoms with Gasteiger partial charge in [-0.1, -0.05) is 13.8 Å². The molecule has 4 rings (SSSR count). The van der Waals surface area contributed by atoms with Gasteiger partial charge in [-0.2, -0.15) is 0 Å². The standard InChI is InChI=1S/C23H31FN2O/c1-16(2)17-3-6-20(7-4-17)25-11-9-21(10-12-25)26-14-18(15-27)22-13-19(24)5-8-23(22)26/h5,8,13-17,20-21H,3-4,6-7,9-12H2,1-2H3. The van der Waals surface area contributed by atoms with Crippen LogP contribution in [0, 0.1) is 17.7 Å². The predicted molar refractivity (Wildman–Crippen MR) is 108 cm³/mol. The molecule has 1 aromatic heterocycles. The van der Waals surface area contributed by atoms with E-state index in [1.165, 1.54) is 37.8 Å². The minimum absolute atomic E-state index is 0.282. The number of fused-ring (bicyclic) bond motifs is 1. The summed E-state index contributed by atoms with van der Waals surface area (Å²) in [5.41, 5.74) is 1.58. The van der Waals surface area contributed by atoms with Gasteiger partial charge < -0.3 is 9.47 Å². The average molecular weight is 371 g/mol. The summed E-state index contributed by atoms with van der Waals surface area (Å²) >= 11 is 0. The van der Waals surface area contributed by atoms with Crippen molar-refractivity contribution < 1.29 is 9.18 Å². The molecule has 0 bridgehead atoms. The average Bonchev–Trinajstić information content (AvgIpc) is 3.06. The SMILES string of the molecule is CC(C)C1CCC(N2CCC(n3cc(C=O)c4cc(F)ccc43)CC2)CC1. The second-order valence-electron chi connectivity index (χ2n) is 8.85. The summed E-state index contributed by atoms with van der Waals surface area (Å²) in [5.74, 6) is 1.44. The lowest BCUT2D eigenvalue weighted by Gasteiger charge is -2.42. The Morgan fingerprint density at radius 3 is 2.37 bits per heavy atom. The van der Waals surface area contributed by atoms with Crippen molar-refractivity contribution in [3.05, 3.63) is 35.8 Å². The maximum atomic E-state index is 13.6. The van der Waals surface area contributed by atoms with Crippen LogP contribution < -0.4 is 0 Å². The number of aromatic nitrogens is 1. The van der Waals surface area contributed by atoms with Crippen LogP contribution in [-0.2, 0) is 0 Å². The Balaban J connectivity index is 1.43. The van der Waals surface area contributed by atoms with E-state index in [9.17, 15) is 9.18 Å². The zero-order valence-electron chi connectivity index (χ0n) is 16.5. The van der Waals surface area contributed by atoms with E-state index < -0.39 is 0 Å². The zero-order chi connectivity index (χ0) is 19.0. The summed E-state index contributed by atoms with van der Waals surface area (Å²) in [7, 11) is 0. The van der Waals surface area contributed by atoms with Gasteiger partial charge in [-0.25, -0.2) is 4.39 Å². The summed E-state index contributed by atoms with van der Waals surface area (Å²) in [6.45, 7) is 6.96. The lowest BCUT2D eigenvalue weighted by Crippen LogP contribution is -2.43. The molecule has 27 heavy (non-hydrogen) atoms. The molecule has 1 saturated heterocycles.